The molecule has 2 fully saturated rings. The number of hydrogen-bond acceptors (Lipinski definition) is 3. The standard InChI is InChI=1S/C23H35N3O2.ClH/c1-2-24-16-19-9-5-6-10-21(19)26-23(28)18-11-13-20(14-12-18)25-22(27)15-17-7-3-4-8-17;/h5-6,9-10,17-18,20,24H,2-4,7-8,11-16H2,1H3,(H,25,27)(H,26,28);1H. The van der Waals surface area contributed by atoms with E-state index in [1.165, 1.54) is 25.7 Å². The molecule has 0 saturated heterocycles. The highest BCUT2D eigenvalue weighted by Gasteiger charge is 2.28. The van der Waals surface area contributed by atoms with Crippen LogP contribution in [-0.4, -0.2) is 24.4 Å². The molecule has 2 aliphatic carbocycles. The van der Waals surface area contributed by atoms with E-state index in [1.54, 1.807) is 0 Å². The smallest absolute Gasteiger partial charge is 0.227 e. The average Bonchev–Trinajstić information content (AvgIpc) is 3.20. The third kappa shape index (κ3) is 7.31. The second-order valence-electron chi connectivity index (χ2n) is 8.40. The van der Waals surface area contributed by atoms with Gasteiger partial charge in [-0.1, -0.05) is 38.0 Å². The van der Waals surface area contributed by atoms with Gasteiger partial charge in [0.2, 0.25) is 11.8 Å². The lowest BCUT2D eigenvalue weighted by Gasteiger charge is -2.29. The number of rotatable bonds is 8. The van der Waals surface area contributed by atoms with Gasteiger partial charge in [0.05, 0.1) is 0 Å². The average molecular weight is 422 g/mol. The normalized spacial score (nSPS) is 22.0. The van der Waals surface area contributed by atoms with Crippen LogP contribution in [0.15, 0.2) is 24.3 Å². The molecule has 6 heteroatoms. The highest BCUT2D eigenvalue weighted by molar-refractivity contribution is 5.93. The zero-order valence-electron chi connectivity index (χ0n) is 17.5. The summed E-state index contributed by atoms with van der Waals surface area (Å²) >= 11 is 0. The molecular weight excluding hydrogens is 386 g/mol. The predicted molar refractivity (Wildman–Crippen MR) is 120 cm³/mol. The fourth-order valence-electron chi connectivity index (χ4n) is 4.55. The Labute approximate surface area is 181 Å². The number of hydrogen-bond donors (Lipinski definition) is 3. The van der Waals surface area contributed by atoms with Crippen molar-refractivity contribution in [3.8, 4) is 0 Å². The lowest BCUT2D eigenvalue weighted by Crippen LogP contribution is -2.40. The molecule has 2 amide bonds. The highest BCUT2D eigenvalue weighted by Crippen LogP contribution is 2.29. The molecule has 3 rings (SSSR count). The van der Waals surface area contributed by atoms with E-state index >= 15 is 0 Å². The van der Waals surface area contributed by atoms with E-state index < -0.39 is 0 Å². The number of carbonyl (C=O) groups is 2. The highest BCUT2D eigenvalue weighted by atomic mass is 35.5. The van der Waals surface area contributed by atoms with Crippen molar-refractivity contribution >= 4 is 29.9 Å². The van der Waals surface area contributed by atoms with E-state index in [4.69, 9.17) is 0 Å². The minimum atomic E-state index is 0. The molecular formula is C23H36ClN3O2. The van der Waals surface area contributed by atoms with Crippen LogP contribution in [0.1, 0.15) is 70.3 Å². The van der Waals surface area contributed by atoms with Crippen molar-refractivity contribution < 1.29 is 9.59 Å². The Morgan fingerprint density at radius 1 is 1.00 bits per heavy atom. The first-order valence-corrected chi connectivity index (χ1v) is 11.0. The summed E-state index contributed by atoms with van der Waals surface area (Å²) in [6.45, 7) is 3.73. The lowest BCUT2D eigenvalue weighted by molar-refractivity contribution is -0.123. The Hall–Kier alpha value is -1.59. The maximum Gasteiger partial charge on any atom is 0.227 e. The molecule has 1 aromatic carbocycles. The van der Waals surface area contributed by atoms with Crippen molar-refractivity contribution in [2.75, 3.05) is 11.9 Å². The van der Waals surface area contributed by atoms with E-state index in [9.17, 15) is 9.59 Å². The topological polar surface area (TPSA) is 70.2 Å². The Bertz CT molecular complexity index is 653. The fraction of sp³-hybridized carbons (Fsp3) is 0.652. The summed E-state index contributed by atoms with van der Waals surface area (Å²) in [4.78, 5) is 25.0. The number of amides is 2. The van der Waals surface area contributed by atoms with Crippen LogP contribution in [0.4, 0.5) is 5.69 Å². The molecule has 162 valence electrons. The zero-order chi connectivity index (χ0) is 19.8. The molecule has 0 heterocycles. The molecule has 29 heavy (non-hydrogen) atoms. The van der Waals surface area contributed by atoms with E-state index in [1.807, 2.05) is 18.2 Å². The quantitative estimate of drug-likeness (QED) is 0.582. The van der Waals surface area contributed by atoms with Gasteiger partial charge >= 0.3 is 0 Å². The summed E-state index contributed by atoms with van der Waals surface area (Å²) in [6, 6.07) is 8.22. The first-order chi connectivity index (χ1) is 13.7. The molecule has 0 spiro atoms. The number of anilines is 1. The van der Waals surface area contributed by atoms with Crippen LogP contribution in [0.3, 0.4) is 0 Å². The number of halogens is 1. The van der Waals surface area contributed by atoms with Crippen LogP contribution in [0.5, 0.6) is 0 Å². The van der Waals surface area contributed by atoms with E-state index in [-0.39, 0.29) is 36.2 Å². The Balaban J connectivity index is 0.00000300. The minimum absolute atomic E-state index is 0. The number of benzene rings is 1. The molecule has 0 aromatic heterocycles. The Morgan fingerprint density at radius 2 is 1.69 bits per heavy atom. The van der Waals surface area contributed by atoms with Gasteiger partial charge in [-0.15, -0.1) is 12.4 Å². The third-order valence-corrected chi connectivity index (χ3v) is 6.25. The monoisotopic (exact) mass is 421 g/mol. The lowest BCUT2D eigenvalue weighted by atomic mass is 9.85. The molecule has 5 nitrogen and oxygen atoms in total. The molecule has 2 saturated carbocycles. The molecule has 0 radical (unpaired) electrons. The zero-order valence-corrected chi connectivity index (χ0v) is 18.4. The van der Waals surface area contributed by atoms with Crippen LogP contribution < -0.4 is 16.0 Å². The van der Waals surface area contributed by atoms with Gasteiger partial charge in [0.1, 0.15) is 0 Å². The summed E-state index contributed by atoms with van der Waals surface area (Å²) in [7, 11) is 0. The first kappa shape index (κ1) is 23.7. The van der Waals surface area contributed by atoms with Crippen molar-refractivity contribution in [3.05, 3.63) is 29.8 Å². The Kier molecular flexibility index (Phi) is 9.95. The molecule has 1 aromatic rings. The van der Waals surface area contributed by atoms with Crippen molar-refractivity contribution in [3.63, 3.8) is 0 Å². The fourth-order valence-corrected chi connectivity index (χ4v) is 4.55. The van der Waals surface area contributed by atoms with Gasteiger partial charge in [0.25, 0.3) is 0 Å². The van der Waals surface area contributed by atoms with E-state index in [0.29, 0.717) is 12.3 Å². The second kappa shape index (κ2) is 12.2. The predicted octanol–water partition coefficient (Wildman–Crippen LogP) is 4.41. The van der Waals surface area contributed by atoms with Gasteiger partial charge in [-0.25, -0.2) is 0 Å². The maximum atomic E-state index is 12.7. The number of nitrogens with one attached hydrogen (secondary N) is 3. The van der Waals surface area contributed by atoms with Gasteiger partial charge < -0.3 is 16.0 Å². The van der Waals surface area contributed by atoms with Crippen LogP contribution in [0, 0.1) is 11.8 Å². The van der Waals surface area contributed by atoms with Crippen LogP contribution in [0.25, 0.3) is 0 Å². The number of para-hydroxylation sites is 1. The van der Waals surface area contributed by atoms with E-state index in [0.717, 1.165) is 50.0 Å². The molecule has 0 atom stereocenters. The van der Waals surface area contributed by atoms with E-state index in [2.05, 4.69) is 28.9 Å². The Morgan fingerprint density at radius 3 is 2.38 bits per heavy atom. The van der Waals surface area contributed by atoms with Crippen LogP contribution in [0.2, 0.25) is 0 Å². The molecule has 2 aliphatic rings. The summed E-state index contributed by atoms with van der Waals surface area (Å²) in [5.41, 5.74) is 2.02. The summed E-state index contributed by atoms with van der Waals surface area (Å²) in [5, 5.41) is 9.65. The van der Waals surface area contributed by atoms with Crippen LogP contribution >= 0.6 is 12.4 Å². The van der Waals surface area contributed by atoms with Crippen molar-refractivity contribution in [2.45, 2.75) is 77.3 Å². The summed E-state index contributed by atoms with van der Waals surface area (Å²) in [6.07, 6.45) is 9.12. The van der Waals surface area contributed by atoms with Gasteiger partial charge in [0.15, 0.2) is 0 Å². The van der Waals surface area contributed by atoms with Gasteiger partial charge in [-0.2, -0.15) is 0 Å². The largest absolute Gasteiger partial charge is 0.353 e. The second-order valence-corrected chi connectivity index (χ2v) is 8.40. The minimum Gasteiger partial charge on any atom is -0.353 e. The summed E-state index contributed by atoms with van der Waals surface area (Å²) in [5.74, 6) is 0.941. The van der Waals surface area contributed by atoms with Gasteiger partial charge in [-0.3, -0.25) is 9.59 Å². The SMILES string of the molecule is CCNCc1ccccc1NC(=O)C1CCC(NC(=O)CC2CCCC2)CC1.Cl. The number of carbonyl (C=O) groups excluding carboxylic acids is 2. The molecule has 0 bridgehead atoms. The van der Waals surface area contributed by atoms with Crippen molar-refractivity contribution in [1.29, 1.82) is 0 Å². The summed E-state index contributed by atoms with van der Waals surface area (Å²) < 4.78 is 0. The molecule has 0 aliphatic heterocycles. The third-order valence-electron chi connectivity index (χ3n) is 6.25. The van der Waals surface area contributed by atoms with Gasteiger partial charge in [-0.05, 0) is 62.6 Å². The molecule has 0 unspecified atom stereocenters. The molecule has 3 N–H and O–H groups in total. The first-order valence-electron chi connectivity index (χ1n) is 11.0. The van der Waals surface area contributed by atoms with Crippen molar-refractivity contribution in [1.82, 2.24) is 10.6 Å². The van der Waals surface area contributed by atoms with Crippen molar-refractivity contribution in [2.24, 2.45) is 11.8 Å². The maximum absolute atomic E-state index is 12.7. The van der Waals surface area contributed by atoms with Crippen LogP contribution in [-0.2, 0) is 16.1 Å². The van der Waals surface area contributed by atoms with Gasteiger partial charge in [0, 0.05) is 30.6 Å².